The molecule has 1 aromatic carbocycles. The van der Waals surface area contributed by atoms with Crippen LogP contribution in [0.4, 0.5) is 0 Å². The highest BCUT2D eigenvalue weighted by molar-refractivity contribution is 8.18. The van der Waals surface area contributed by atoms with Gasteiger partial charge in [-0.05, 0) is 35.5 Å². The van der Waals surface area contributed by atoms with Crippen molar-refractivity contribution in [1.82, 2.24) is 0 Å². The lowest BCUT2D eigenvalue weighted by Crippen LogP contribution is -1.91. The summed E-state index contributed by atoms with van der Waals surface area (Å²) in [5, 5.41) is 8.96. The molecule has 0 saturated carbocycles. The lowest BCUT2D eigenvalue weighted by atomic mass is 10.2. The van der Waals surface area contributed by atoms with E-state index in [0.29, 0.717) is 4.91 Å². The van der Waals surface area contributed by atoms with Gasteiger partial charge >= 0.3 is 0 Å². The van der Waals surface area contributed by atoms with Crippen molar-refractivity contribution in [3.05, 3.63) is 34.7 Å². The molecule has 0 radical (unpaired) electrons. The predicted octanol–water partition coefficient (Wildman–Crippen LogP) is 1.97. The molecule has 1 heterocycles. The highest BCUT2D eigenvalue weighted by Crippen LogP contribution is 2.30. The lowest BCUT2D eigenvalue weighted by molar-refractivity contribution is -0.119. The van der Waals surface area contributed by atoms with Crippen molar-refractivity contribution in [2.45, 2.75) is 6.42 Å². The topological polar surface area (TPSA) is 54.4 Å². The van der Waals surface area contributed by atoms with E-state index in [1.165, 1.54) is 12.1 Å². The van der Waals surface area contributed by atoms with Crippen LogP contribution in [0, 0.1) is 0 Å². The molecule has 0 unspecified atom stereocenters. The molecule has 15 heavy (non-hydrogen) atoms. The minimum absolute atomic E-state index is 0.00537. The Morgan fingerprint density at radius 3 is 2.40 bits per heavy atom. The molecule has 1 aliphatic rings. The van der Waals surface area contributed by atoms with Crippen LogP contribution in [-0.2, 0) is 9.59 Å². The summed E-state index contributed by atoms with van der Waals surface area (Å²) >= 11 is 0.983. The molecule has 2 rings (SSSR count). The standard InChI is InChI=1S/C11H8O3S/c12-8-3-1-7(2-4-8)5-10-9(13)6-11(14)15-10/h1-5,12H,6H2/b10-5-. The van der Waals surface area contributed by atoms with Crippen LogP contribution in [0.3, 0.4) is 0 Å². The van der Waals surface area contributed by atoms with Gasteiger partial charge in [0.25, 0.3) is 0 Å². The zero-order valence-corrected chi connectivity index (χ0v) is 8.58. The van der Waals surface area contributed by atoms with Crippen LogP contribution in [0.25, 0.3) is 6.08 Å². The normalized spacial score (nSPS) is 18.8. The molecule has 1 aliphatic heterocycles. The summed E-state index contributed by atoms with van der Waals surface area (Å²) in [6, 6.07) is 6.47. The Morgan fingerprint density at radius 2 is 1.87 bits per heavy atom. The molecule has 76 valence electrons. The Bertz CT molecular complexity index is 445. The molecule has 1 aromatic rings. The monoisotopic (exact) mass is 220 g/mol. The van der Waals surface area contributed by atoms with Gasteiger partial charge in [-0.25, -0.2) is 0 Å². The maximum Gasteiger partial charge on any atom is 0.201 e. The molecular weight excluding hydrogens is 212 g/mol. The van der Waals surface area contributed by atoms with Crippen molar-refractivity contribution in [2.75, 3.05) is 0 Å². The molecule has 0 aliphatic carbocycles. The quantitative estimate of drug-likeness (QED) is 0.580. The summed E-state index contributed by atoms with van der Waals surface area (Å²) in [7, 11) is 0. The van der Waals surface area contributed by atoms with Crippen molar-refractivity contribution in [3.8, 4) is 5.75 Å². The van der Waals surface area contributed by atoms with E-state index in [4.69, 9.17) is 5.11 Å². The van der Waals surface area contributed by atoms with E-state index in [0.717, 1.165) is 17.3 Å². The summed E-state index contributed by atoms with van der Waals surface area (Å²) in [5.41, 5.74) is 0.804. The number of phenolic OH excluding ortho intramolecular Hbond substituents is 1. The largest absolute Gasteiger partial charge is 0.508 e. The molecule has 0 amide bonds. The number of hydrogen-bond donors (Lipinski definition) is 1. The Kier molecular flexibility index (Phi) is 2.60. The number of rotatable bonds is 1. The summed E-state index contributed by atoms with van der Waals surface area (Å²) < 4.78 is 0. The lowest BCUT2D eigenvalue weighted by Gasteiger charge is -1.95. The number of allylic oxidation sites excluding steroid dienone is 1. The van der Waals surface area contributed by atoms with Crippen molar-refractivity contribution >= 4 is 28.7 Å². The fraction of sp³-hybridized carbons (Fsp3) is 0.0909. The minimum atomic E-state index is -0.127. The second-order valence-corrected chi connectivity index (χ2v) is 4.27. The second kappa shape index (κ2) is 3.90. The number of hydrogen-bond acceptors (Lipinski definition) is 4. The smallest absolute Gasteiger partial charge is 0.201 e. The van der Waals surface area contributed by atoms with Gasteiger partial charge in [0.2, 0.25) is 5.12 Å². The highest BCUT2D eigenvalue weighted by Gasteiger charge is 2.25. The maximum atomic E-state index is 11.3. The third-order valence-corrected chi connectivity index (χ3v) is 2.93. The molecule has 1 N–H and O–H groups in total. The number of Topliss-reactive ketones (excluding diaryl/α,β-unsaturated/α-hetero) is 1. The SMILES string of the molecule is O=C1CC(=O)/C(=C/c2ccc(O)cc2)S1. The number of carbonyl (C=O) groups is 2. The Morgan fingerprint density at radius 1 is 1.20 bits per heavy atom. The van der Waals surface area contributed by atoms with E-state index in [1.807, 2.05) is 0 Å². The Labute approximate surface area is 90.8 Å². The van der Waals surface area contributed by atoms with Crippen molar-refractivity contribution in [3.63, 3.8) is 0 Å². The molecule has 3 nitrogen and oxygen atoms in total. The summed E-state index contributed by atoms with van der Waals surface area (Å²) in [5.74, 6) is 0.0525. The molecular formula is C11H8O3S. The molecule has 0 bridgehead atoms. The number of phenols is 1. The second-order valence-electron chi connectivity index (χ2n) is 3.17. The van der Waals surface area contributed by atoms with Crippen LogP contribution >= 0.6 is 11.8 Å². The van der Waals surface area contributed by atoms with Crippen LogP contribution in [0.15, 0.2) is 29.2 Å². The van der Waals surface area contributed by atoms with Gasteiger partial charge in [0.05, 0.1) is 11.3 Å². The van der Waals surface area contributed by atoms with Gasteiger partial charge < -0.3 is 5.11 Å². The number of thioether (sulfide) groups is 1. The van der Waals surface area contributed by atoms with E-state index >= 15 is 0 Å². The summed E-state index contributed by atoms with van der Waals surface area (Å²) in [4.78, 5) is 22.7. The zero-order valence-electron chi connectivity index (χ0n) is 7.77. The Hall–Kier alpha value is -1.55. The number of benzene rings is 1. The van der Waals surface area contributed by atoms with Crippen molar-refractivity contribution < 1.29 is 14.7 Å². The first-order valence-corrected chi connectivity index (χ1v) is 5.21. The number of aromatic hydroxyl groups is 1. The van der Waals surface area contributed by atoms with Gasteiger partial charge in [-0.2, -0.15) is 0 Å². The van der Waals surface area contributed by atoms with Crippen LogP contribution in [0.2, 0.25) is 0 Å². The minimum Gasteiger partial charge on any atom is -0.508 e. The molecule has 4 heteroatoms. The van der Waals surface area contributed by atoms with Crippen LogP contribution in [0.5, 0.6) is 5.75 Å². The van der Waals surface area contributed by atoms with Crippen LogP contribution in [-0.4, -0.2) is 16.0 Å². The van der Waals surface area contributed by atoms with E-state index in [2.05, 4.69) is 0 Å². The first kappa shape index (κ1) is 9.98. The first-order valence-electron chi connectivity index (χ1n) is 4.40. The number of ketones is 1. The van der Waals surface area contributed by atoms with Crippen LogP contribution < -0.4 is 0 Å². The van der Waals surface area contributed by atoms with Gasteiger partial charge in [-0.3, -0.25) is 9.59 Å². The molecule has 1 fully saturated rings. The van der Waals surface area contributed by atoms with Gasteiger partial charge in [0, 0.05) is 0 Å². The van der Waals surface area contributed by atoms with Gasteiger partial charge in [-0.1, -0.05) is 12.1 Å². The number of carbonyl (C=O) groups excluding carboxylic acids is 2. The molecule has 0 atom stereocenters. The van der Waals surface area contributed by atoms with E-state index in [9.17, 15) is 9.59 Å². The molecule has 0 aromatic heterocycles. The average Bonchev–Trinajstić information content (AvgIpc) is 2.49. The van der Waals surface area contributed by atoms with Crippen molar-refractivity contribution in [2.24, 2.45) is 0 Å². The molecule has 1 saturated heterocycles. The predicted molar refractivity (Wildman–Crippen MR) is 58.3 cm³/mol. The zero-order chi connectivity index (χ0) is 10.8. The van der Waals surface area contributed by atoms with E-state index in [-0.39, 0.29) is 23.1 Å². The van der Waals surface area contributed by atoms with E-state index in [1.54, 1.807) is 18.2 Å². The van der Waals surface area contributed by atoms with E-state index < -0.39 is 0 Å². The third-order valence-electron chi connectivity index (χ3n) is 1.99. The fourth-order valence-electron chi connectivity index (χ4n) is 1.27. The van der Waals surface area contributed by atoms with Crippen LogP contribution in [0.1, 0.15) is 12.0 Å². The fourth-order valence-corrected chi connectivity index (χ4v) is 2.10. The average molecular weight is 220 g/mol. The molecule has 0 spiro atoms. The van der Waals surface area contributed by atoms with Gasteiger partial charge in [0.15, 0.2) is 5.78 Å². The summed E-state index contributed by atoms with van der Waals surface area (Å²) in [6.45, 7) is 0. The van der Waals surface area contributed by atoms with Gasteiger partial charge in [-0.15, -0.1) is 0 Å². The maximum absolute atomic E-state index is 11.3. The highest BCUT2D eigenvalue weighted by atomic mass is 32.2. The summed E-state index contributed by atoms with van der Waals surface area (Å²) in [6.07, 6.45) is 1.66. The first-order chi connectivity index (χ1) is 7.15. The van der Waals surface area contributed by atoms with Gasteiger partial charge in [0.1, 0.15) is 5.75 Å². The third kappa shape index (κ3) is 2.27. The van der Waals surface area contributed by atoms with Crippen molar-refractivity contribution in [1.29, 1.82) is 0 Å². The Balaban J connectivity index is 2.27.